The monoisotopic (exact) mass is 440 g/mol. The Labute approximate surface area is 127 Å². The Bertz CT molecular complexity index is 594. The molecule has 0 aliphatic rings. The van der Waals surface area contributed by atoms with E-state index in [0.717, 1.165) is 5.56 Å². The van der Waals surface area contributed by atoms with E-state index in [1.54, 1.807) is 0 Å². The van der Waals surface area contributed by atoms with Crippen LogP contribution in [0.25, 0.3) is 0 Å². The molecule has 5 heteroatoms. The Kier molecular flexibility index (Phi) is 5.54. The summed E-state index contributed by atoms with van der Waals surface area (Å²) >= 11 is 0. The van der Waals surface area contributed by atoms with Gasteiger partial charge in [0.15, 0.2) is 0 Å². The fourth-order valence-electron chi connectivity index (χ4n) is 2.03. The minimum atomic E-state index is -0.574. The van der Waals surface area contributed by atoms with Crippen LogP contribution >= 0.6 is 0 Å². The summed E-state index contributed by atoms with van der Waals surface area (Å²) in [5.41, 5.74) is 1.89. The summed E-state index contributed by atoms with van der Waals surface area (Å²) in [6, 6.07) is 9.12. The molecule has 1 aromatic carbocycles. The molecule has 0 saturated carbocycles. The minimum Gasteiger partial charge on any atom is -0.846 e. The van der Waals surface area contributed by atoms with Crippen LogP contribution < -0.4 is 10.7 Å². The molecule has 4 nitrogen and oxygen atoms in total. The molecule has 1 aromatic heterocycles. The second-order valence-corrected chi connectivity index (χ2v) is 4.55. The number of aromatic amines is 1. The molecule has 0 atom stereocenters. The predicted molar refractivity (Wildman–Crippen MR) is 67.6 cm³/mol. The van der Waals surface area contributed by atoms with Gasteiger partial charge in [0.05, 0.1) is 11.7 Å². The Hall–Kier alpha value is -1.36. The third-order valence-corrected chi connectivity index (χ3v) is 2.80. The maximum Gasteiger partial charge on any atom is 1.00 e. The van der Waals surface area contributed by atoms with E-state index in [0.29, 0.717) is 17.7 Å². The third-order valence-electron chi connectivity index (χ3n) is 2.80. The zero-order valence-corrected chi connectivity index (χ0v) is 12.9. The molecule has 0 spiro atoms. The van der Waals surface area contributed by atoms with Gasteiger partial charge in [0.2, 0.25) is 0 Å². The summed E-state index contributed by atoms with van der Waals surface area (Å²) in [7, 11) is 0. The van der Waals surface area contributed by atoms with Crippen LogP contribution in [-0.2, 0) is 28.8 Å². The summed E-state index contributed by atoms with van der Waals surface area (Å²) in [5, 5.41) is 11.3. The number of rotatable bonds is 3. The van der Waals surface area contributed by atoms with Crippen LogP contribution in [0, 0.1) is 0 Å². The molecule has 2 aromatic rings. The minimum absolute atomic E-state index is 0. The van der Waals surface area contributed by atoms with Gasteiger partial charge in [-0.05, 0) is 11.5 Å². The zero-order chi connectivity index (χ0) is 13.1. The quantitative estimate of drug-likeness (QED) is 0.737. The normalized spacial score (nSPS) is 10.3. The number of benzene rings is 1. The van der Waals surface area contributed by atoms with Gasteiger partial charge in [-0.3, -0.25) is 9.78 Å². The van der Waals surface area contributed by atoms with Crippen molar-refractivity contribution in [2.24, 2.45) is 0 Å². The van der Waals surface area contributed by atoms with Gasteiger partial charge in [0.1, 0.15) is 0 Å². The van der Waals surface area contributed by atoms with Gasteiger partial charge in [-0.25, -0.2) is 0 Å². The SMILES string of the molecule is CC(C)c1c(Cc2ccccc2)nc([O-])[nH]c1=O.[Au+]. The summed E-state index contributed by atoms with van der Waals surface area (Å²) in [4.78, 5) is 18.0. The van der Waals surface area contributed by atoms with E-state index < -0.39 is 6.01 Å². The van der Waals surface area contributed by atoms with Crippen molar-refractivity contribution < 1.29 is 27.5 Å². The first-order valence-corrected chi connectivity index (χ1v) is 5.92. The van der Waals surface area contributed by atoms with E-state index in [1.165, 1.54) is 0 Å². The number of hydrogen-bond acceptors (Lipinski definition) is 3. The third kappa shape index (κ3) is 3.80. The van der Waals surface area contributed by atoms with E-state index in [4.69, 9.17) is 0 Å². The molecule has 0 aliphatic heterocycles. The van der Waals surface area contributed by atoms with Gasteiger partial charge in [-0.15, -0.1) is 0 Å². The molecule has 0 amide bonds. The molecule has 0 bridgehead atoms. The fourth-order valence-corrected chi connectivity index (χ4v) is 2.03. The van der Waals surface area contributed by atoms with Crippen LogP contribution in [0.4, 0.5) is 0 Å². The standard InChI is InChI=1S/C14H16N2O2.Au/c1-9(2)12-11(15-14(18)16-13(12)17)8-10-6-4-3-5-7-10;/h3-7,9H,8H2,1-2H3,(H2,15,16,17,18);/q;+1/p-1. The first-order valence-electron chi connectivity index (χ1n) is 5.92. The molecule has 1 N–H and O–H groups in total. The molecule has 0 fully saturated rings. The van der Waals surface area contributed by atoms with Crippen molar-refractivity contribution >= 4 is 0 Å². The van der Waals surface area contributed by atoms with Crippen molar-refractivity contribution in [1.82, 2.24) is 9.97 Å². The molecule has 1 heterocycles. The summed E-state index contributed by atoms with van der Waals surface area (Å²) in [6.45, 7) is 3.84. The maximum atomic E-state index is 11.8. The smallest absolute Gasteiger partial charge is 0.846 e. The summed E-state index contributed by atoms with van der Waals surface area (Å²) in [5.74, 6) is 0.0422. The number of H-pyrrole nitrogens is 1. The van der Waals surface area contributed by atoms with E-state index in [9.17, 15) is 9.90 Å². The molecule has 0 aliphatic carbocycles. The van der Waals surface area contributed by atoms with Crippen LogP contribution in [0.2, 0.25) is 0 Å². The van der Waals surface area contributed by atoms with Crippen LogP contribution in [0.5, 0.6) is 6.01 Å². The molecular weight excluding hydrogens is 425 g/mol. The van der Waals surface area contributed by atoms with Crippen molar-refractivity contribution in [1.29, 1.82) is 0 Å². The van der Waals surface area contributed by atoms with Crippen LogP contribution in [-0.4, -0.2) is 9.97 Å². The van der Waals surface area contributed by atoms with E-state index >= 15 is 0 Å². The van der Waals surface area contributed by atoms with Gasteiger partial charge in [0.25, 0.3) is 5.56 Å². The predicted octanol–water partition coefficient (Wildman–Crippen LogP) is 1.56. The topological polar surface area (TPSA) is 68.8 Å². The van der Waals surface area contributed by atoms with Crippen LogP contribution in [0.15, 0.2) is 35.1 Å². The van der Waals surface area contributed by atoms with Crippen molar-refractivity contribution in [2.75, 3.05) is 0 Å². The zero-order valence-electron chi connectivity index (χ0n) is 10.7. The van der Waals surface area contributed by atoms with Crippen molar-refractivity contribution in [3.05, 3.63) is 57.5 Å². The molecule has 19 heavy (non-hydrogen) atoms. The molecule has 0 unspecified atom stereocenters. The Morgan fingerprint density at radius 1 is 1.26 bits per heavy atom. The van der Waals surface area contributed by atoms with Gasteiger partial charge >= 0.3 is 22.4 Å². The fraction of sp³-hybridized carbons (Fsp3) is 0.286. The molecular formula is C14H15AuN2O2. The van der Waals surface area contributed by atoms with Gasteiger partial charge in [-0.2, -0.15) is 0 Å². The largest absolute Gasteiger partial charge is 1.00 e. The van der Waals surface area contributed by atoms with E-state index in [2.05, 4.69) is 9.97 Å². The average molecular weight is 440 g/mol. The van der Waals surface area contributed by atoms with Crippen molar-refractivity contribution in [2.45, 2.75) is 26.2 Å². The summed E-state index contributed by atoms with van der Waals surface area (Å²) in [6.07, 6.45) is 0.507. The molecule has 0 radical (unpaired) electrons. The first-order chi connectivity index (χ1) is 8.58. The van der Waals surface area contributed by atoms with Crippen molar-refractivity contribution in [3.8, 4) is 6.01 Å². The average Bonchev–Trinajstić information content (AvgIpc) is 2.28. The summed E-state index contributed by atoms with van der Waals surface area (Å²) < 4.78 is 0. The van der Waals surface area contributed by atoms with Crippen molar-refractivity contribution in [3.63, 3.8) is 0 Å². The Morgan fingerprint density at radius 2 is 1.89 bits per heavy atom. The Morgan fingerprint density at radius 3 is 2.47 bits per heavy atom. The van der Waals surface area contributed by atoms with Gasteiger partial charge in [0, 0.05) is 12.0 Å². The molecule has 2 rings (SSSR count). The number of hydrogen-bond donors (Lipinski definition) is 1. The van der Waals surface area contributed by atoms with Gasteiger partial charge < -0.3 is 10.1 Å². The van der Waals surface area contributed by atoms with E-state index in [-0.39, 0.29) is 33.9 Å². The Balaban J connectivity index is 0.00000180. The van der Waals surface area contributed by atoms with E-state index in [1.807, 2.05) is 44.2 Å². The maximum absolute atomic E-state index is 11.8. The number of aromatic nitrogens is 2. The molecule has 0 saturated heterocycles. The molecule has 104 valence electrons. The second kappa shape index (κ2) is 6.70. The van der Waals surface area contributed by atoms with Gasteiger partial charge in [-0.1, -0.05) is 44.2 Å². The number of nitrogens with zero attached hydrogens (tertiary/aromatic N) is 1. The van der Waals surface area contributed by atoms with Crippen LogP contribution in [0.1, 0.15) is 36.6 Å². The van der Waals surface area contributed by atoms with Crippen LogP contribution in [0.3, 0.4) is 0 Å². The second-order valence-electron chi connectivity index (χ2n) is 4.55. The number of nitrogens with one attached hydrogen (secondary N) is 1. The first kappa shape index (κ1) is 15.7.